The molecule has 0 radical (unpaired) electrons. The predicted molar refractivity (Wildman–Crippen MR) is 70.5 cm³/mol. The van der Waals surface area contributed by atoms with E-state index in [0.29, 0.717) is 6.61 Å². The Hall–Kier alpha value is -1.39. The summed E-state index contributed by atoms with van der Waals surface area (Å²) in [4.78, 5) is 14.4. The first kappa shape index (κ1) is 12.6. The summed E-state index contributed by atoms with van der Waals surface area (Å²) in [5, 5.41) is 0. The molecule has 4 heteroatoms. The van der Waals surface area contributed by atoms with Crippen LogP contribution in [0, 0.1) is 5.41 Å². The van der Waals surface area contributed by atoms with Gasteiger partial charge in [-0.15, -0.1) is 0 Å². The molecule has 2 saturated heterocycles. The van der Waals surface area contributed by atoms with E-state index in [2.05, 4.69) is 17.0 Å². The zero-order valence-electron chi connectivity index (χ0n) is 11.2. The van der Waals surface area contributed by atoms with Gasteiger partial charge >= 0.3 is 5.97 Å². The molecule has 0 bridgehead atoms. The molecule has 0 aromatic heterocycles. The van der Waals surface area contributed by atoms with Gasteiger partial charge in [0.15, 0.2) is 0 Å². The van der Waals surface area contributed by atoms with Crippen LogP contribution in [0.5, 0.6) is 0 Å². The summed E-state index contributed by atoms with van der Waals surface area (Å²) in [7, 11) is 1.46. The maximum Gasteiger partial charge on any atom is 0.315 e. The van der Waals surface area contributed by atoms with Crippen molar-refractivity contribution in [3.8, 4) is 0 Å². The Morgan fingerprint density at radius 1 is 1.47 bits per heavy atom. The Labute approximate surface area is 113 Å². The molecule has 0 aliphatic carbocycles. The Morgan fingerprint density at radius 2 is 2.26 bits per heavy atom. The molecular weight excluding hydrogens is 242 g/mol. The van der Waals surface area contributed by atoms with E-state index in [1.165, 1.54) is 12.7 Å². The number of likely N-dealkylation sites (tertiary alicyclic amines) is 1. The van der Waals surface area contributed by atoms with Crippen LogP contribution in [0.1, 0.15) is 12.0 Å². The van der Waals surface area contributed by atoms with Crippen molar-refractivity contribution in [2.75, 3.05) is 26.8 Å². The average Bonchev–Trinajstić information content (AvgIpc) is 2.96. The third-order valence-electron chi connectivity index (χ3n) is 4.25. The number of fused-ring (bicyclic) bond motifs is 1. The normalized spacial score (nSPS) is 30.3. The molecule has 1 aromatic carbocycles. The van der Waals surface area contributed by atoms with Gasteiger partial charge in [-0.2, -0.15) is 0 Å². The number of carbonyl (C=O) groups excluding carboxylic acids is 1. The van der Waals surface area contributed by atoms with Crippen molar-refractivity contribution in [2.24, 2.45) is 5.41 Å². The van der Waals surface area contributed by atoms with Gasteiger partial charge in [0.2, 0.25) is 0 Å². The molecule has 0 spiro atoms. The molecule has 0 amide bonds. The van der Waals surface area contributed by atoms with E-state index in [4.69, 9.17) is 9.47 Å². The van der Waals surface area contributed by atoms with Crippen LogP contribution in [-0.2, 0) is 20.8 Å². The van der Waals surface area contributed by atoms with Gasteiger partial charge in [-0.05, 0) is 12.0 Å². The second kappa shape index (κ2) is 4.94. The van der Waals surface area contributed by atoms with E-state index in [9.17, 15) is 4.79 Å². The minimum atomic E-state index is -0.441. The lowest BCUT2D eigenvalue weighted by molar-refractivity contribution is -0.153. The standard InChI is InChI=1S/C15H19NO3/c1-18-14(17)15-7-8-19-13(15)10-16(11-15)9-12-5-3-2-4-6-12/h2-6,13H,7-11H2,1H3/t13-,15-/m1/s1. The van der Waals surface area contributed by atoms with Crippen molar-refractivity contribution in [2.45, 2.75) is 19.1 Å². The van der Waals surface area contributed by atoms with Crippen LogP contribution in [-0.4, -0.2) is 43.8 Å². The minimum Gasteiger partial charge on any atom is -0.468 e. The molecule has 102 valence electrons. The highest BCUT2D eigenvalue weighted by atomic mass is 16.5. The lowest BCUT2D eigenvalue weighted by Gasteiger charge is -2.23. The van der Waals surface area contributed by atoms with E-state index in [1.807, 2.05) is 18.2 Å². The lowest BCUT2D eigenvalue weighted by atomic mass is 9.84. The van der Waals surface area contributed by atoms with Crippen molar-refractivity contribution in [1.82, 2.24) is 4.90 Å². The van der Waals surface area contributed by atoms with Crippen molar-refractivity contribution in [1.29, 1.82) is 0 Å². The molecule has 3 rings (SSSR count). The second-order valence-electron chi connectivity index (χ2n) is 5.41. The van der Waals surface area contributed by atoms with E-state index >= 15 is 0 Å². The summed E-state index contributed by atoms with van der Waals surface area (Å²) in [6, 6.07) is 10.3. The Kier molecular flexibility index (Phi) is 3.29. The van der Waals surface area contributed by atoms with Crippen LogP contribution in [0.15, 0.2) is 30.3 Å². The monoisotopic (exact) mass is 261 g/mol. The fraction of sp³-hybridized carbons (Fsp3) is 0.533. The number of benzene rings is 1. The van der Waals surface area contributed by atoms with Gasteiger partial charge in [-0.1, -0.05) is 30.3 Å². The van der Waals surface area contributed by atoms with E-state index in [0.717, 1.165) is 26.1 Å². The molecule has 2 heterocycles. The molecule has 0 unspecified atom stereocenters. The molecule has 0 saturated carbocycles. The highest BCUT2D eigenvalue weighted by Gasteiger charge is 2.56. The molecule has 2 aliphatic rings. The second-order valence-corrected chi connectivity index (χ2v) is 5.41. The molecule has 19 heavy (non-hydrogen) atoms. The lowest BCUT2D eigenvalue weighted by Crippen LogP contribution is -2.39. The van der Waals surface area contributed by atoms with Crippen LogP contribution in [0.2, 0.25) is 0 Å². The Morgan fingerprint density at radius 3 is 3.00 bits per heavy atom. The fourth-order valence-corrected chi connectivity index (χ4v) is 3.27. The summed E-state index contributed by atoms with van der Waals surface area (Å²) in [6.07, 6.45) is 0.763. The van der Waals surface area contributed by atoms with Crippen LogP contribution >= 0.6 is 0 Å². The van der Waals surface area contributed by atoms with Gasteiger partial charge in [0.25, 0.3) is 0 Å². The van der Waals surface area contributed by atoms with Gasteiger partial charge < -0.3 is 9.47 Å². The van der Waals surface area contributed by atoms with Crippen LogP contribution in [0.4, 0.5) is 0 Å². The quantitative estimate of drug-likeness (QED) is 0.772. The number of esters is 1. The first-order chi connectivity index (χ1) is 9.24. The Bertz CT molecular complexity index is 462. The summed E-state index contributed by atoms with van der Waals surface area (Å²) in [5.74, 6) is -0.120. The highest BCUT2D eigenvalue weighted by molar-refractivity contribution is 5.78. The van der Waals surface area contributed by atoms with Crippen LogP contribution in [0.3, 0.4) is 0 Å². The number of hydrogen-bond donors (Lipinski definition) is 0. The van der Waals surface area contributed by atoms with E-state index in [-0.39, 0.29) is 12.1 Å². The van der Waals surface area contributed by atoms with Crippen LogP contribution in [0.25, 0.3) is 0 Å². The number of rotatable bonds is 3. The molecule has 1 aromatic rings. The number of nitrogens with zero attached hydrogens (tertiary/aromatic N) is 1. The third kappa shape index (κ3) is 2.15. The minimum absolute atomic E-state index is 0.0105. The van der Waals surface area contributed by atoms with E-state index < -0.39 is 5.41 Å². The van der Waals surface area contributed by atoms with Crippen LogP contribution < -0.4 is 0 Å². The maximum absolute atomic E-state index is 12.1. The molecule has 0 N–H and O–H groups in total. The molecule has 2 fully saturated rings. The van der Waals surface area contributed by atoms with E-state index in [1.54, 1.807) is 0 Å². The number of methoxy groups -OCH3 is 1. The largest absolute Gasteiger partial charge is 0.468 e. The average molecular weight is 261 g/mol. The van der Waals surface area contributed by atoms with Gasteiger partial charge in [-0.25, -0.2) is 0 Å². The molecular formula is C15H19NO3. The number of carbonyl (C=O) groups is 1. The SMILES string of the molecule is COC(=O)[C@@]12CCO[C@@H]1CN(Cc1ccccc1)C2. The molecule has 2 atom stereocenters. The zero-order chi connectivity index (χ0) is 13.3. The smallest absolute Gasteiger partial charge is 0.315 e. The van der Waals surface area contributed by atoms with Crippen molar-refractivity contribution in [3.63, 3.8) is 0 Å². The first-order valence-corrected chi connectivity index (χ1v) is 6.71. The van der Waals surface area contributed by atoms with Gasteiger partial charge in [0.05, 0.1) is 13.2 Å². The maximum atomic E-state index is 12.1. The molecule has 2 aliphatic heterocycles. The summed E-state index contributed by atoms with van der Waals surface area (Å²) in [5.41, 5.74) is 0.825. The topological polar surface area (TPSA) is 38.8 Å². The predicted octanol–water partition coefficient (Wildman–Crippen LogP) is 1.45. The highest BCUT2D eigenvalue weighted by Crippen LogP contribution is 2.42. The third-order valence-corrected chi connectivity index (χ3v) is 4.25. The number of hydrogen-bond acceptors (Lipinski definition) is 4. The van der Waals surface area contributed by atoms with Gasteiger partial charge in [0, 0.05) is 26.2 Å². The number of ether oxygens (including phenoxy) is 2. The van der Waals surface area contributed by atoms with Gasteiger partial charge in [0.1, 0.15) is 5.41 Å². The van der Waals surface area contributed by atoms with Crippen molar-refractivity contribution >= 4 is 5.97 Å². The summed E-state index contributed by atoms with van der Waals surface area (Å²) in [6.45, 7) is 3.07. The fourth-order valence-electron chi connectivity index (χ4n) is 3.27. The first-order valence-electron chi connectivity index (χ1n) is 6.71. The van der Waals surface area contributed by atoms with Crippen molar-refractivity contribution < 1.29 is 14.3 Å². The van der Waals surface area contributed by atoms with Crippen molar-refractivity contribution in [3.05, 3.63) is 35.9 Å². The summed E-state index contributed by atoms with van der Waals surface area (Å²) < 4.78 is 10.7. The summed E-state index contributed by atoms with van der Waals surface area (Å²) >= 11 is 0. The zero-order valence-corrected chi connectivity index (χ0v) is 11.2. The Balaban J connectivity index is 1.73. The molecule has 4 nitrogen and oxygen atoms in total. The van der Waals surface area contributed by atoms with Gasteiger partial charge in [-0.3, -0.25) is 9.69 Å².